The van der Waals surface area contributed by atoms with Gasteiger partial charge in [0.1, 0.15) is 5.82 Å². The van der Waals surface area contributed by atoms with Gasteiger partial charge in [-0.1, -0.05) is 0 Å². The SMILES string of the molecule is Cc1nn(-c2ccncc2)c(N)c1C. The fourth-order valence-electron chi connectivity index (χ4n) is 1.31. The molecule has 0 saturated heterocycles. The van der Waals surface area contributed by atoms with Gasteiger partial charge in [0, 0.05) is 18.0 Å². The van der Waals surface area contributed by atoms with Crippen LogP contribution in [0, 0.1) is 13.8 Å². The smallest absolute Gasteiger partial charge is 0.130 e. The Kier molecular flexibility index (Phi) is 1.96. The van der Waals surface area contributed by atoms with Crippen LogP contribution in [0.5, 0.6) is 0 Å². The lowest BCUT2D eigenvalue weighted by atomic mass is 10.3. The Labute approximate surface area is 82.4 Å². The van der Waals surface area contributed by atoms with E-state index in [0.29, 0.717) is 5.82 Å². The zero-order valence-electron chi connectivity index (χ0n) is 8.23. The van der Waals surface area contributed by atoms with Crippen LogP contribution in [-0.4, -0.2) is 14.8 Å². The fraction of sp³-hybridized carbons (Fsp3) is 0.200. The van der Waals surface area contributed by atoms with Crippen LogP contribution >= 0.6 is 0 Å². The van der Waals surface area contributed by atoms with Crippen LogP contribution in [0.15, 0.2) is 24.5 Å². The molecular weight excluding hydrogens is 176 g/mol. The molecule has 2 rings (SSSR count). The third kappa shape index (κ3) is 1.25. The molecule has 0 unspecified atom stereocenters. The third-order valence-electron chi connectivity index (χ3n) is 2.31. The summed E-state index contributed by atoms with van der Waals surface area (Å²) >= 11 is 0. The van der Waals surface area contributed by atoms with Gasteiger partial charge in [0.05, 0.1) is 11.4 Å². The minimum atomic E-state index is 0.689. The normalized spacial score (nSPS) is 10.4. The molecule has 0 amide bonds. The van der Waals surface area contributed by atoms with Crippen LogP contribution in [0.3, 0.4) is 0 Å². The molecule has 2 N–H and O–H groups in total. The van der Waals surface area contributed by atoms with Gasteiger partial charge in [0.25, 0.3) is 0 Å². The summed E-state index contributed by atoms with van der Waals surface area (Å²) in [6, 6.07) is 3.75. The molecule has 0 radical (unpaired) electrons. The summed E-state index contributed by atoms with van der Waals surface area (Å²) in [5, 5.41) is 4.34. The van der Waals surface area contributed by atoms with E-state index in [1.165, 1.54) is 0 Å². The first kappa shape index (κ1) is 8.74. The van der Waals surface area contributed by atoms with Gasteiger partial charge in [-0.15, -0.1) is 0 Å². The van der Waals surface area contributed by atoms with Crippen molar-refractivity contribution in [2.24, 2.45) is 0 Å². The molecule has 0 atom stereocenters. The molecule has 4 heteroatoms. The van der Waals surface area contributed by atoms with E-state index in [1.54, 1.807) is 17.1 Å². The van der Waals surface area contributed by atoms with Crippen LogP contribution in [0.25, 0.3) is 5.69 Å². The summed E-state index contributed by atoms with van der Waals surface area (Å²) in [6.45, 7) is 3.92. The molecule has 0 aliphatic rings. The Morgan fingerprint density at radius 1 is 1.21 bits per heavy atom. The third-order valence-corrected chi connectivity index (χ3v) is 2.31. The van der Waals surface area contributed by atoms with Crippen molar-refractivity contribution < 1.29 is 0 Å². The lowest BCUT2D eigenvalue weighted by Gasteiger charge is -2.02. The van der Waals surface area contributed by atoms with Gasteiger partial charge in [0.2, 0.25) is 0 Å². The Hall–Kier alpha value is -1.84. The number of anilines is 1. The maximum absolute atomic E-state index is 5.92. The summed E-state index contributed by atoms with van der Waals surface area (Å²) < 4.78 is 1.73. The molecule has 2 aromatic rings. The number of hydrogen-bond acceptors (Lipinski definition) is 3. The minimum Gasteiger partial charge on any atom is -0.383 e. The highest BCUT2D eigenvalue weighted by atomic mass is 15.3. The highest BCUT2D eigenvalue weighted by Gasteiger charge is 2.08. The second-order valence-electron chi connectivity index (χ2n) is 3.21. The monoisotopic (exact) mass is 188 g/mol. The van der Waals surface area contributed by atoms with Crippen molar-refractivity contribution in [2.75, 3.05) is 5.73 Å². The van der Waals surface area contributed by atoms with Crippen LogP contribution in [0.2, 0.25) is 0 Å². The van der Waals surface area contributed by atoms with Crippen molar-refractivity contribution in [3.8, 4) is 5.69 Å². The molecule has 0 aromatic carbocycles. The van der Waals surface area contributed by atoms with Crippen molar-refractivity contribution in [1.82, 2.24) is 14.8 Å². The summed E-state index contributed by atoms with van der Waals surface area (Å²) in [5.74, 6) is 0.689. The number of nitrogens with zero attached hydrogens (tertiary/aromatic N) is 3. The van der Waals surface area contributed by atoms with E-state index < -0.39 is 0 Å². The number of aromatic nitrogens is 3. The van der Waals surface area contributed by atoms with Crippen LogP contribution in [0.1, 0.15) is 11.3 Å². The zero-order chi connectivity index (χ0) is 10.1. The summed E-state index contributed by atoms with van der Waals surface area (Å²) in [4.78, 5) is 3.95. The molecule has 0 saturated carbocycles. The zero-order valence-corrected chi connectivity index (χ0v) is 8.23. The van der Waals surface area contributed by atoms with Gasteiger partial charge >= 0.3 is 0 Å². The molecule has 0 bridgehead atoms. The predicted molar refractivity (Wildman–Crippen MR) is 55.2 cm³/mol. The highest BCUT2D eigenvalue weighted by molar-refractivity contribution is 5.48. The van der Waals surface area contributed by atoms with E-state index in [9.17, 15) is 0 Å². The number of aryl methyl sites for hydroxylation is 1. The molecule has 4 nitrogen and oxygen atoms in total. The molecule has 0 aliphatic heterocycles. The molecule has 0 fully saturated rings. The van der Waals surface area contributed by atoms with Crippen LogP contribution in [-0.2, 0) is 0 Å². The van der Waals surface area contributed by atoms with E-state index in [-0.39, 0.29) is 0 Å². The molecule has 2 heterocycles. The number of rotatable bonds is 1. The maximum atomic E-state index is 5.92. The molecule has 2 aromatic heterocycles. The first-order chi connectivity index (χ1) is 6.70. The fourth-order valence-corrected chi connectivity index (χ4v) is 1.31. The lowest BCUT2D eigenvalue weighted by molar-refractivity contribution is 0.869. The van der Waals surface area contributed by atoms with Crippen LogP contribution < -0.4 is 5.73 Å². The van der Waals surface area contributed by atoms with Gasteiger partial charge in [-0.05, 0) is 26.0 Å². The van der Waals surface area contributed by atoms with Crippen LogP contribution in [0.4, 0.5) is 5.82 Å². The lowest BCUT2D eigenvalue weighted by Crippen LogP contribution is -2.02. The molecule has 0 spiro atoms. The maximum Gasteiger partial charge on any atom is 0.130 e. The number of nitrogens with two attached hydrogens (primary N) is 1. The largest absolute Gasteiger partial charge is 0.383 e. The first-order valence-corrected chi connectivity index (χ1v) is 4.42. The van der Waals surface area contributed by atoms with Gasteiger partial charge < -0.3 is 5.73 Å². The predicted octanol–water partition coefficient (Wildman–Crippen LogP) is 1.47. The molecule has 0 aliphatic carbocycles. The topological polar surface area (TPSA) is 56.7 Å². The summed E-state index contributed by atoms with van der Waals surface area (Å²) in [6.07, 6.45) is 3.45. The molecule has 72 valence electrons. The van der Waals surface area contributed by atoms with Crippen molar-refractivity contribution in [3.05, 3.63) is 35.8 Å². The van der Waals surface area contributed by atoms with Crippen molar-refractivity contribution >= 4 is 5.82 Å². The van der Waals surface area contributed by atoms with Gasteiger partial charge in [0.15, 0.2) is 0 Å². The number of pyridine rings is 1. The Bertz CT molecular complexity index is 445. The van der Waals surface area contributed by atoms with Gasteiger partial charge in [-0.2, -0.15) is 5.10 Å². The number of nitrogen functional groups attached to an aromatic ring is 1. The van der Waals surface area contributed by atoms with E-state index in [4.69, 9.17) is 5.73 Å². The van der Waals surface area contributed by atoms with E-state index in [0.717, 1.165) is 16.9 Å². The van der Waals surface area contributed by atoms with E-state index in [1.807, 2.05) is 26.0 Å². The summed E-state index contributed by atoms with van der Waals surface area (Å²) in [5.41, 5.74) is 8.84. The second kappa shape index (κ2) is 3.14. The second-order valence-corrected chi connectivity index (χ2v) is 3.21. The standard InChI is InChI=1S/C10H12N4/c1-7-8(2)13-14(10(7)11)9-3-5-12-6-4-9/h3-6H,11H2,1-2H3. The Morgan fingerprint density at radius 3 is 2.36 bits per heavy atom. The molecular formula is C10H12N4. The van der Waals surface area contributed by atoms with E-state index >= 15 is 0 Å². The van der Waals surface area contributed by atoms with Crippen molar-refractivity contribution in [1.29, 1.82) is 0 Å². The van der Waals surface area contributed by atoms with E-state index in [2.05, 4.69) is 10.1 Å². The Morgan fingerprint density at radius 2 is 1.86 bits per heavy atom. The van der Waals surface area contributed by atoms with Crippen molar-refractivity contribution in [3.63, 3.8) is 0 Å². The average Bonchev–Trinajstić information content (AvgIpc) is 2.47. The van der Waals surface area contributed by atoms with Gasteiger partial charge in [-0.3, -0.25) is 4.98 Å². The Balaban J connectivity index is 2.58. The molecule has 14 heavy (non-hydrogen) atoms. The van der Waals surface area contributed by atoms with Gasteiger partial charge in [-0.25, -0.2) is 4.68 Å². The average molecular weight is 188 g/mol. The first-order valence-electron chi connectivity index (χ1n) is 4.42. The highest BCUT2D eigenvalue weighted by Crippen LogP contribution is 2.18. The quantitative estimate of drug-likeness (QED) is 0.737. The van der Waals surface area contributed by atoms with Crippen molar-refractivity contribution in [2.45, 2.75) is 13.8 Å². The summed E-state index contributed by atoms with van der Waals surface area (Å²) in [7, 11) is 0. The number of hydrogen-bond donors (Lipinski definition) is 1. The minimum absolute atomic E-state index is 0.689.